The minimum Gasteiger partial charge on any atom is -0.330 e. The third-order valence-electron chi connectivity index (χ3n) is 7.98. The van der Waals surface area contributed by atoms with Gasteiger partial charge in [-0.2, -0.15) is 10.4 Å². The summed E-state index contributed by atoms with van der Waals surface area (Å²) in [6.07, 6.45) is 5.33. The number of aromatic nitrogens is 2. The van der Waals surface area contributed by atoms with Crippen LogP contribution in [0.25, 0.3) is 10.4 Å². The van der Waals surface area contributed by atoms with Crippen molar-refractivity contribution in [3.63, 3.8) is 0 Å². The van der Waals surface area contributed by atoms with Crippen molar-refractivity contribution in [2.75, 3.05) is 6.54 Å². The first kappa shape index (κ1) is 24.0. The number of Topliss-reactive ketones (excluding diaryl/α,β-unsaturated/α-hetero) is 1. The van der Waals surface area contributed by atoms with E-state index in [0.29, 0.717) is 47.6 Å². The normalized spacial score (nSPS) is 23.0. The molecule has 0 unspecified atom stereocenters. The smallest absolute Gasteiger partial charge is 0.264 e. The Balaban J connectivity index is 1.10. The summed E-state index contributed by atoms with van der Waals surface area (Å²) in [6, 6.07) is 13.0. The van der Waals surface area contributed by atoms with E-state index in [-0.39, 0.29) is 30.6 Å². The number of nitriles is 1. The van der Waals surface area contributed by atoms with Crippen LogP contribution in [-0.2, 0) is 24.3 Å². The zero-order valence-electron chi connectivity index (χ0n) is 20.4. The minimum atomic E-state index is -0.555. The molecular weight excluding hydrogens is 489 g/mol. The molecule has 2 aliphatic heterocycles. The van der Waals surface area contributed by atoms with E-state index in [2.05, 4.69) is 16.5 Å². The molecule has 3 aliphatic rings. The molecule has 1 saturated carbocycles. The van der Waals surface area contributed by atoms with Crippen molar-refractivity contribution in [3.05, 3.63) is 64.5 Å². The standard InChI is InChI=1S/C28H28FN5O2S/c29-23-14-19(25-5-6-26(37-25)28(36)33-9-10-34-22(16-33)7-8-31-34)2-1-18(23)11-17(15-30)12-24(35)27-20-3-4-21(13-20)32-27/h1-2,5-8,14,17,20-21,27,32H,3-4,9-13,16H2/t17-,20+,21-,27+/m1/s1. The molecule has 190 valence electrons. The van der Waals surface area contributed by atoms with Gasteiger partial charge in [-0.15, -0.1) is 11.3 Å². The Morgan fingerprint density at radius 3 is 2.86 bits per heavy atom. The lowest BCUT2D eigenvalue weighted by Gasteiger charge is -2.27. The van der Waals surface area contributed by atoms with E-state index in [1.165, 1.54) is 17.4 Å². The van der Waals surface area contributed by atoms with Gasteiger partial charge in [0.05, 0.1) is 41.7 Å². The van der Waals surface area contributed by atoms with Crippen LogP contribution in [0.2, 0.25) is 0 Å². The Labute approximate surface area is 218 Å². The fraction of sp³-hybridized carbons (Fsp3) is 0.429. The third kappa shape index (κ3) is 4.72. The van der Waals surface area contributed by atoms with Crippen LogP contribution in [-0.4, -0.2) is 45.0 Å². The Morgan fingerprint density at radius 2 is 2.11 bits per heavy atom. The van der Waals surface area contributed by atoms with Gasteiger partial charge in [-0.1, -0.05) is 12.1 Å². The minimum absolute atomic E-state index is 0.0349. The first-order valence-corrected chi connectivity index (χ1v) is 13.7. The molecule has 1 amide bonds. The average molecular weight is 518 g/mol. The van der Waals surface area contributed by atoms with Crippen molar-refractivity contribution >= 4 is 23.0 Å². The van der Waals surface area contributed by atoms with Gasteiger partial charge in [-0.3, -0.25) is 14.3 Å². The van der Waals surface area contributed by atoms with E-state index in [9.17, 15) is 14.9 Å². The van der Waals surface area contributed by atoms with E-state index in [1.54, 1.807) is 18.3 Å². The molecule has 1 saturated heterocycles. The molecule has 3 aromatic rings. The van der Waals surface area contributed by atoms with Crippen molar-refractivity contribution in [2.24, 2.45) is 11.8 Å². The molecule has 2 bridgehead atoms. The second-order valence-electron chi connectivity index (χ2n) is 10.4. The Bertz CT molecular complexity index is 1390. The number of carbonyl (C=O) groups excluding carboxylic acids is 2. The maximum atomic E-state index is 15.1. The van der Waals surface area contributed by atoms with Gasteiger partial charge < -0.3 is 10.2 Å². The van der Waals surface area contributed by atoms with Gasteiger partial charge in [0.1, 0.15) is 5.82 Å². The number of carbonyl (C=O) groups is 2. The summed E-state index contributed by atoms with van der Waals surface area (Å²) >= 11 is 1.35. The number of fused-ring (bicyclic) bond motifs is 3. The third-order valence-corrected chi connectivity index (χ3v) is 9.11. The highest BCUT2D eigenvalue weighted by Gasteiger charge is 2.42. The topological polar surface area (TPSA) is 91.0 Å². The molecule has 2 aromatic heterocycles. The number of piperidine rings is 1. The number of thiophene rings is 1. The molecule has 37 heavy (non-hydrogen) atoms. The van der Waals surface area contributed by atoms with Crippen molar-refractivity contribution in [3.8, 4) is 16.5 Å². The fourth-order valence-corrected chi connectivity index (χ4v) is 6.97. The lowest BCUT2D eigenvalue weighted by Crippen LogP contribution is -2.42. The summed E-state index contributed by atoms with van der Waals surface area (Å²) in [7, 11) is 0. The Hall–Kier alpha value is -3.35. The highest BCUT2D eigenvalue weighted by atomic mass is 32.1. The Kier molecular flexibility index (Phi) is 6.39. The number of ketones is 1. The van der Waals surface area contributed by atoms with Gasteiger partial charge in [0, 0.05) is 30.1 Å². The molecule has 2 fully saturated rings. The number of amides is 1. The van der Waals surface area contributed by atoms with Crippen LogP contribution in [0.5, 0.6) is 0 Å². The quantitative estimate of drug-likeness (QED) is 0.508. The number of halogens is 1. The van der Waals surface area contributed by atoms with Crippen molar-refractivity contribution in [2.45, 2.75) is 57.3 Å². The van der Waals surface area contributed by atoms with Crippen molar-refractivity contribution in [1.82, 2.24) is 20.0 Å². The van der Waals surface area contributed by atoms with E-state index in [1.807, 2.05) is 27.8 Å². The van der Waals surface area contributed by atoms with E-state index in [4.69, 9.17) is 0 Å². The van der Waals surface area contributed by atoms with Crippen LogP contribution >= 0.6 is 11.3 Å². The fourth-order valence-electron chi connectivity index (χ4n) is 6.00. The van der Waals surface area contributed by atoms with Crippen LogP contribution in [0.1, 0.15) is 46.6 Å². The summed E-state index contributed by atoms with van der Waals surface area (Å²) in [5.74, 6) is -0.528. The van der Waals surface area contributed by atoms with Crippen molar-refractivity contribution in [1.29, 1.82) is 5.26 Å². The first-order chi connectivity index (χ1) is 18.0. The van der Waals surface area contributed by atoms with E-state index in [0.717, 1.165) is 29.8 Å². The number of benzene rings is 1. The molecule has 4 heterocycles. The molecule has 1 N–H and O–H groups in total. The predicted molar refractivity (Wildman–Crippen MR) is 137 cm³/mol. The molecule has 4 atom stereocenters. The molecule has 7 nitrogen and oxygen atoms in total. The summed E-state index contributed by atoms with van der Waals surface area (Å²) in [6.45, 7) is 1.80. The summed E-state index contributed by atoms with van der Waals surface area (Å²) in [5.41, 5.74) is 2.14. The monoisotopic (exact) mass is 517 g/mol. The van der Waals surface area contributed by atoms with Crippen LogP contribution in [0.15, 0.2) is 42.6 Å². The maximum Gasteiger partial charge on any atom is 0.264 e. The first-order valence-electron chi connectivity index (χ1n) is 12.9. The van der Waals surface area contributed by atoms with Crippen LogP contribution in [0.3, 0.4) is 0 Å². The maximum absolute atomic E-state index is 15.1. The average Bonchev–Trinajstić information content (AvgIpc) is 3.72. The van der Waals surface area contributed by atoms with Crippen molar-refractivity contribution < 1.29 is 14.0 Å². The summed E-state index contributed by atoms with van der Waals surface area (Å²) in [5, 5.41) is 17.3. The van der Waals surface area contributed by atoms with Gasteiger partial charge in [0.2, 0.25) is 0 Å². The van der Waals surface area contributed by atoms with Gasteiger partial charge in [0.25, 0.3) is 5.91 Å². The van der Waals surface area contributed by atoms with Crippen LogP contribution < -0.4 is 5.32 Å². The van der Waals surface area contributed by atoms with E-state index >= 15 is 4.39 Å². The number of nitrogens with zero attached hydrogens (tertiary/aromatic N) is 4. The molecular formula is C28H28FN5O2S. The molecule has 0 radical (unpaired) electrons. The second-order valence-corrected chi connectivity index (χ2v) is 11.4. The Morgan fingerprint density at radius 1 is 1.22 bits per heavy atom. The molecule has 9 heteroatoms. The molecule has 0 spiro atoms. The summed E-state index contributed by atoms with van der Waals surface area (Å²) in [4.78, 5) is 29.1. The lowest BCUT2D eigenvalue weighted by atomic mass is 9.88. The number of hydrogen-bond donors (Lipinski definition) is 1. The zero-order chi connectivity index (χ0) is 25.5. The number of nitrogens with one attached hydrogen (secondary N) is 1. The highest BCUT2D eigenvalue weighted by Crippen LogP contribution is 2.36. The largest absolute Gasteiger partial charge is 0.330 e. The van der Waals surface area contributed by atoms with Crippen LogP contribution in [0.4, 0.5) is 4.39 Å². The van der Waals surface area contributed by atoms with Crippen LogP contribution in [0, 0.1) is 29.0 Å². The highest BCUT2D eigenvalue weighted by molar-refractivity contribution is 7.17. The zero-order valence-corrected chi connectivity index (χ0v) is 21.2. The SMILES string of the molecule is N#C[C@@H](CC(=O)[C@H]1N[C@@H]2CC[C@H]1C2)Cc1ccc(-c2ccc(C(=O)N3CCn4nccc4C3)s2)cc1F. The molecule has 1 aliphatic carbocycles. The molecule has 6 rings (SSSR count). The second kappa shape index (κ2) is 9.84. The van der Waals surface area contributed by atoms with Gasteiger partial charge >= 0.3 is 0 Å². The van der Waals surface area contributed by atoms with Gasteiger partial charge in [-0.05, 0) is 67.0 Å². The number of rotatable bonds is 7. The number of hydrogen-bond acceptors (Lipinski definition) is 6. The predicted octanol–water partition coefficient (Wildman–Crippen LogP) is 4.19. The molecule has 1 aromatic carbocycles. The van der Waals surface area contributed by atoms with Gasteiger partial charge in [0.15, 0.2) is 5.78 Å². The summed E-state index contributed by atoms with van der Waals surface area (Å²) < 4.78 is 17.0. The lowest BCUT2D eigenvalue weighted by molar-refractivity contribution is -0.122. The van der Waals surface area contributed by atoms with Gasteiger partial charge in [-0.25, -0.2) is 4.39 Å². The van der Waals surface area contributed by atoms with E-state index < -0.39 is 11.7 Å².